The van der Waals surface area contributed by atoms with Crippen molar-refractivity contribution < 1.29 is 22.4 Å². The van der Waals surface area contributed by atoms with Crippen LogP contribution in [-0.2, 0) is 11.0 Å². The maximum Gasteiger partial charge on any atom is 0.419 e. The molecule has 0 aromatic heterocycles. The van der Waals surface area contributed by atoms with Crippen LogP contribution in [0.2, 0.25) is 0 Å². The molecule has 1 saturated heterocycles. The summed E-state index contributed by atoms with van der Waals surface area (Å²) in [5.41, 5.74) is -1.29. The Morgan fingerprint density at radius 2 is 2.00 bits per heavy atom. The van der Waals surface area contributed by atoms with E-state index in [4.69, 9.17) is 0 Å². The fourth-order valence-electron chi connectivity index (χ4n) is 1.80. The summed E-state index contributed by atoms with van der Waals surface area (Å²) in [6, 6.07) is 2.57. The molecule has 18 heavy (non-hydrogen) atoms. The lowest BCUT2D eigenvalue weighted by atomic mass is 10.1. The summed E-state index contributed by atoms with van der Waals surface area (Å²) in [4.78, 5) is 12.5. The van der Waals surface area contributed by atoms with Gasteiger partial charge in [0.2, 0.25) is 5.91 Å². The third-order valence-corrected chi connectivity index (χ3v) is 3.56. The Balaban J connectivity index is 2.39. The molecule has 1 heterocycles. The lowest BCUT2D eigenvalue weighted by molar-refractivity contribution is -0.140. The first-order valence-electron chi connectivity index (χ1n) is 5.13. The van der Waals surface area contributed by atoms with Crippen LogP contribution in [0.15, 0.2) is 18.2 Å². The Morgan fingerprint density at radius 1 is 1.33 bits per heavy atom. The van der Waals surface area contributed by atoms with E-state index in [1.807, 2.05) is 0 Å². The van der Waals surface area contributed by atoms with Crippen LogP contribution >= 0.6 is 15.9 Å². The second-order valence-corrected chi connectivity index (χ2v) is 5.01. The van der Waals surface area contributed by atoms with Gasteiger partial charge in [0, 0.05) is 12.2 Å². The van der Waals surface area contributed by atoms with Crippen LogP contribution in [-0.4, -0.2) is 17.3 Å². The van der Waals surface area contributed by atoms with Crippen molar-refractivity contribution in [2.24, 2.45) is 0 Å². The van der Waals surface area contributed by atoms with Gasteiger partial charge in [-0.15, -0.1) is 0 Å². The summed E-state index contributed by atoms with van der Waals surface area (Å²) in [6.07, 6.45) is -4.26. The molecule has 1 aliphatic heterocycles. The Hall–Kier alpha value is -1.11. The van der Waals surface area contributed by atoms with Gasteiger partial charge >= 0.3 is 6.18 Å². The van der Waals surface area contributed by atoms with Crippen LogP contribution in [0.4, 0.5) is 23.2 Å². The van der Waals surface area contributed by atoms with Gasteiger partial charge in [0.05, 0.1) is 10.4 Å². The SMILES string of the molecule is O=C1C(Br)CCN1c1ccc(F)c(C(F)(F)F)c1. The average Bonchev–Trinajstić information content (AvgIpc) is 2.59. The third-order valence-electron chi connectivity index (χ3n) is 2.71. The Labute approximate surface area is 109 Å². The van der Waals surface area contributed by atoms with Crippen molar-refractivity contribution in [1.29, 1.82) is 0 Å². The number of carbonyl (C=O) groups excluding carboxylic acids is 1. The second kappa shape index (κ2) is 4.53. The van der Waals surface area contributed by atoms with Crippen molar-refractivity contribution in [3.8, 4) is 0 Å². The van der Waals surface area contributed by atoms with Crippen LogP contribution in [0.1, 0.15) is 12.0 Å². The van der Waals surface area contributed by atoms with Gasteiger partial charge in [-0.05, 0) is 24.6 Å². The molecule has 98 valence electrons. The molecule has 7 heteroatoms. The maximum atomic E-state index is 13.1. The first-order valence-corrected chi connectivity index (χ1v) is 6.04. The molecule has 0 N–H and O–H groups in total. The van der Waals surface area contributed by atoms with Crippen molar-refractivity contribution in [2.45, 2.75) is 17.4 Å². The fourth-order valence-corrected chi connectivity index (χ4v) is 2.25. The number of anilines is 1. The minimum atomic E-state index is -4.77. The molecule has 0 aliphatic carbocycles. The number of benzene rings is 1. The molecular weight excluding hydrogens is 318 g/mol. The van der Waals surface area contributed by atoms with Crippen molar-refractivity contribution in [3.05, 3.63) is 29.6 Å². The lowest BCUT2D eigenvalue weighted by Crippen LogP contribution is -2.27. The van der Waals surface area contributed by atoms with E-state index in [9.17, 15) is 22.4 Å². The normalized spacial score (nSPS) is 20.6. The highest BCUT2D eigenvalue weighted by atomic mass is 79.9. The molecule has 1 aromatic carbocycles. The number of carbonyl (C=O) groups is 1. The highest BCUT2D eigenvalue weighted by molar-refractivity contribution is 9.10. The Kier molecular flexibility index (Phi) is 3.35. The fraction of sp³-hybridized carbons (Fsp3) is 0.364. The van der Waals surface area contributed by atoms with E-state index in [1.54, 1.807) is 0 Å². The summed E-state index contributed by atoms with van der Waals surface area (Å²) in [5, 5.41) is 0. The minimum Gasteiger partial charge on any atom is -0.311 e. The summed E-state index contributed by atoms with van der Waals surface area (Å²) >= 11 is 3.13. The predicted octanol–water partition coefficient (Wildman–Crippen LogP) is 3.34. The van der Waals surface area contributed by atoms with Crippen LogP contribution < -0.4 is 4.90 Å². The molecular formula is C11H8BrF4NO. The number of hydrogen-bond donors (Lipinski definition) is 0. The van der Waals surface area contributed by atoms with E-state index >= 15 is 0 Å². The minimum absolute atomic E-state index is 0.0654. The Morgan fingerprint density at radius 3 is 2.50 bits per heavy atom. The van der Waals surface area contributed by atoms with Gasteiger partial charge in [0.1, 0.15) is 5.82 Å². The molecule has 1 unspecified atom stereocenters. The summed E-state index contributed by atoms with van der Waals surface area (Å²) in [7, 11) is 0. The monoisotopic (exact) mass is 325 g/mol. The van der Waals surface area contributed by atoms with E-state index in [0.717, 1.165) is 6.07 Å². The van der Waals surface area contributed by atoms with E-state index in [2.05, 4.69) is 15.9 Å². The number of amides is 1. The van der Waals surface area contributed by atoms with Crippen molar-refractivity contribution in [1.82, 2.24) is 0 Å². The second-order valence-electron chi connectivity index (χ2n) is 3.91. The van der Waals surface area contributed by atoms with Crippen molar-refractivity contribution in [2.75, 3.05) is 11.4 Å². The van der Waals surface area contributed by atoms with E-state index in [-0.39, 0.29) is 11.6 Å². The van der Waals surface area contributed by atoms with Crippen LogP contribution in [0.5, 0.6) is 0 Å². The third kappa shape index (κ3) is 2.36. The maximum absolute atomic E-state index is 13.1. The van der Waals surface area contributed by atoms with Crippen LogP contribution in [0.25, 0.3) is 0 Å². The zero-order chi connectivity index (χ0) is 13.5. The molecule has 0 bridgehead atoms. The van der Waals surface area contributed by atoms with Gasteiger partial charge in [-0.2, -0.15) is 13.2 Å². The first kappa shape index (κ1) is 13.3. The quantitative estimate of drug-likeness (QED) is 0.573. The predicted molar refractivity (Wildman–Crippen MR) is 61.1 cm³/mol. The van der Waals surface area contributed by atoms with Gasteiger partial charge in [0.25, 0.3) is 0 Å². The number of halogens is 5. The van der Waals surface area contributed by atoms with Gasteiger partial charge in [-0.25, -0.2) is 4.39 Å². The van der Waals surface area contributed by atoms with Gasteiger partial charge < -0.3 is 4.90 Å². The van der Waals surface area contributed by atoms with E-state index in [1.165, 1.54) is 11.0 Å². The molecule has 2 nitrogen and oxygen atoms in total. The van der Waals surface area contributed by atoms with Crippen LogP contribution in [0.3, 0.4) is 0 Å². The highest BCUT2D eigenvalue weighted by Crippen LogP contribution is 2.35. The van der Waals surface area contributed by atoms with E-state index in [0.29, 0.717) is 19.0 Å². The number of nitrogens with zero attached hydrogens (tertiary/aromatic N) is 1. The average molecular weight is 326 g/mol. The first-order chi connectivity index (χ1) is 8.30. The molecule has 1 aliphatic rings. The number of hydrogen-bond acceptors (Lipinski definition) is 1. The highest BCUT2D eigenvalue weighted by Gasteiger charge is 2.36. The molecule has 2 rings (SSSR count). The molecule has 1 fully saturated rings. The molecule has 1 atom stereocenters. The molecule has 1 aromatic rings. The number of alkyl halides is 4. The largest absolute Gasteiger partial charge is 0.419 e. The van der Waals surface area contributed by atoms with Crippen LogP contribution in [0, 0.1) is 5.82 Å². The summed E-state index contributed by atoms with van der Waals surface area (Å²) < 4.78 is 50.7. The molecule has 0 radical (unpaired) electrons. The number of rotatable bonds is 1. The van der Waals surface area contributed by atoms with E-state index < -0.39 is 22.4 Å². The van der Waals surface area contributed by atoms with Gasteiger partial charge in [-0.3, -0.25) is 4.79 Å². The Bertz CT molecular complexity index is 488. The molecule has 0 spiro atoms. The van der Waals surface area contributed by atoms with Crippen molar-refractivity contribution in [3.63, 3.8) is 0 Å². The van der Waals surface area contributed by atoms with Crippen molar-refractivity contribution >= 4 is 27.5 Å². The smallest absolute Gasteiger partial charge is 0.311 e. The topological polar surface area (TPSA) is 20.3 Å². The zero-order valence-electron chi connectivity index (χ0n) is 8.97. The van der Waals surface area contributed by atoms with Gasteiger partial charge in [-0.1, -0.05) is 15.9 Å². The lowest BCUT2D eigenvalue weighted by Gasteiger charge is -2.18. The zero-order valence-corrected chi connectivity index (χ0v) is 10.6. The van der Waals surface area contributed by atoms with Gasteiger partial charge in [0.15, 0.2) is 0 Å². The molecule has 0 saturated carbocycles. The standard InChI is InChI=1S/C11H8BrF4NO/c12-8-3-4-17(10(8)18)6-1-2-9(13)7(5-6)11(14,15)16/h1-2,5,8H,3-4H2. The summed E-state index contributed by atoms with van der Waals surface area (Å²) in [5.74, 6) is -1.65. The summed E-state index contributed by atoms with van der Waals surface area (Å²) in [6.45, 7) is 0.317. The molecule has 1 amide bonds.